The van der Waals surface area contributed by atoms with Crippen molar-refractivity contribution in [2.24, 2.45) is 7.05 Å². The van der Waals surface area contributed by atoms with E-state index in [1.807, 2.05) is 29.9 Å². The zero-order valence-corrected chi connectivity index (χ0v) is 12.7. The molecule has 1 unspecified atom stereocenters. The Balaban J connectivity index is 1.74. The largest absolute Gasteiger partial charge is 0.497 e. The molecule has 118 valence electrons. The number of ether oxygens (including phenoxy) is 2. The molecule has 0 aliphatic carbocycles. The van der Waals surface area contributed by atoms with E-state index in [9.17, 15) is 9.90 Å². The molecule has 0 aliphatic rings. The highest BCUT2D eigenvalue weighted by Gasteiger charge is 2.12. The second kappa shape index (κ2) is 7.51. The van der Waals surface area contributed by atoms with Crippen LogP contribution in [0.25, 0.3) is 0 Å². The summed E-state index contributed by atoms with van der Waals surface area (Å²) in [6.07, 6.45) is 1.10. The maximum atomic E-state index is 11.7. The number of hydrogen-bond donors (Lipinski definition) is 2. The minimum Gasteiger partial charge on any atom is -0.497 e. The Bertz CT molecular complexity index is 607. The predicted octanol–water partition coefficient (Wildman–Crippen LogP) is 1.26. The molecule has 1 aromatic carbocycles. The normalized spacial score (nSPS) is 11.8. The van der Waals surface area contributed by atoms with Crippen molar-refractivity contribution < 1.29 is 19.4 Å². The molecule has 0 saturated heterocycles. The summed E-state index contributed by atoms with van der Waals surface area (Å²) in [5, 5.41) is 12.6. The second-order valence-corrected chi connectivity index (χ2v) is 4.83. The van der Waals surface area contributed by atoms with Gasteiger partial charge in [-0.15, -0.1) is 0 Å². The van der Waals surface area contributed by atoms with Crippen molar-refractivity contribution in [3.05, 3.63) is 48.3 Å². The third-order valence-electron chi connectivity index (χ3n) is 3.25. The quantitative estimate of drug-likeness (QED) is 0.808. The molecule has 1 heterocycles. The van der Waals surface area contributed by atoms with Crippen LogP contribution in [0.5, 0.6) is 11.5 Å². The van der Waals surface area contributed by atoms with Crippen LogP contribution < -0.4 is 14.8 Å². The van der Waals surface area contributed by atoms with Gasteiger partial charge in [0.05, 0.1) is 7.11 Å². The van der Waals surface area contributed by atoms with E-state index < -0.39 is 6.10 Å². The van der Waals surface area contributed by atoms with Gasteiger partial charge >= 0.3 is 0 Å². The molecule has 6 nitrogen and oxygen atoms in total. The summed E-state index contributed by atoms with van der Waals surface area (Å²) in [6, 6.07) is 10.6. The molecule has 6 heteroatoms. The van der Waals surface area contributed by atoms with Gasteiger partial charge in [0, 0.05) is 25.5 Å². The fraction of sp³-hybridized carbons (Fsp3) is 0.312. The van der Waals surface area contributed by atoms with E-state index in [1.54, 1.807) is 31.4 Å². The fourth-order valence-electron chi connectivity index (χ4n) is 2.01. The molecule has 1 amide bonds. The Hall–Kier alpha value is -2.47. The Morgan fingerprint density at radius 1 is 1.27 bits per heavy atom. The van der Waals surface area contributed by atoms with Crippen LogP contribution in [-0.2, 0) is 11.8 Å². The first-order valence-corrected chi connectivity index (χ1v) is 6.93. The van der Waals surface area contributed by atoms with Gasteiger partial charge in [0.25, 0.3) is 5.91 Å². The number of aliphatic hydroxyl groups is 1. The summed E-state index contributed by atoms with van der Waals surface area (Å²) in [5.74, 6) is 1.02. The van der Waals surface area contributed by atoms with Gasteiger partial charge in [-0.05, 0) is 36.4 Å². The molecule has 2 N–H and O–H groups in total. The van der Waals surface area contributed by atoms with Crippen molar-refractivity contribution in [2.75, 3.05) is 20.3 Å². The molecular formula is C16H20N2O4. The monoisotopic (exact) mass is 304 g/mol. The Morgan fingerprint density at radius 2 is 1.95 bits per heavy atom. The van der Waals surface area contributed by atoms with Crippen LogP contribution in [-0.4, -0.2) is 35.8 Å². The number of carbonyl (C=O) groups is 1. The number of amides is 1. The molecule has 1 aromatic heterocycles. The molecule has 1 atom stereocenters. The highest BCUT2D eigenvalue weighted by Crippen LogP contribution is 2.16. The third kappa shape index (κ3) is 4.26. The van der Waals surface area contributed by atoms with Crippen LogP contribution >= 0.6 is 0 Å². The molecule has 22 heavy (non-hydrogen) atoms. The van der Waals surface area contributed by atoms with Crippen molar-refractivity contribution in [3.63, 3.8) is 0 Å². The van der Waals surface area contributed by atoms with Crippen LogP contribution in [0, 0.1) is 0 Å². The summed E-state index contributed by atoms with van der Waals surface area (Å²) in [7, 11) is 3.43. The lowest BCUT2D eigenvalue weighted by molar-refractivity contribution is -0.123. The second-order valence-electron chi connectivity index (χ2n) is 4.83. The summed E-state index contributed by atoms with van der Waals surface area (Å²) in [5.41, 5.74) is 0.747. The Kier molecular flexibility index (Phi) is 5.43. The Labute approximate surface area is 129 Å². The first-order valence-electron chi connectivity index (χ1n) is 6.93. The first kappa shape index (κ1) is 15.9. The fourth-order valence-corrected chi connectivity index (χ4v) is 2.01. The number of rotatable bonds is 7. The van der Waals surface area contributed by atoms with Crippen molar-refractivity contribution in [1.29, 1.82) is 0 Å². The number of hydrogen-bond acceptors (Lipinski definition) is 4. The van der Waals surface area contributed by atoms with Crippen LogP contribution in [0.1, 0.15) is 11.8 Å². The number of aryl methyl sites for hydroxylation is 1. The van der Waals surface area contributed by atoms with Crippen LogP contribution in [0.4, 0.5) is 0 Å². The van der Waals surface area contributed by atoms with Gasteiger partial charge in [-0.1, -0.05) is 0 Å². The lowest BCUT2D eigenvalue weighted by atomic mass is 10.2. The van der Waals surface area contributed by atoms with E-state index in [1.165, 1.54) is 0 Å². The zero-order chi connectivity index (χ0) is 15.9. The predicted molar refractivity (Wildman–Crippen MR) is 81.9 cm³/mol. The minimum absolute atomic E-state index is 0.105. The van der Waals surface area contributed by atoms with Gasteiger partial charge in [0.15, 0.2) is 6.61 Å². The topological polar surface area (TPSA) is 72.7 Å². The first-order chi connectivity index (χ1) is 10.6. The standard InChI is InChI=1S/C16H20N2O4/c1-18-9-3-4-14(18)15(19)10-17-16(20)11-22-13-7-5-12(21-2)6-8-13/h3-9,15,19H,10-11H2,1-2H3,(H,17,20). The van der Waals surface area contributed by atoms with Crippen molar-refractivity contribution in [2.45, 2.75) is 6.10 Å². The number of carbonyl (C=O) groups excluding carboxylic acids is 1. The van der Waals surface area contributed by atoms with Gasteiger partial charge in [-0.2, -0.15) is 0 Å². The summed E-state index contributed by atoms with van der Waals surface area (Å²) >= 11 is 0. The van der Waals surface area contributed by atoms with E-state index in [0.29, 0.717) is 5.75 Å². The highest BCUT2D eigenvalue weighted by atomic mass is 16.5. The van der Waals surface area contributed by atoms with Gasteiger partial charge < -0.3 is 24.5 Å². The lowest BCUT2D eigenvalue weighted by Crippen LogP contribution is -2.32. The Morgan fingerprint density at radius 3 is 2.55 bits per heavy atom. The van der Waals surface area contributed by atoms with E-state index in [-0.39, 0.29) is 19.1 Å². The molecule has 0 aliphatic heterocycles. The SMILES string of the molecule is COc1ccc(OCC(=O)NCC(O)c2cccn2C)cc1. The molecule has 0 bridgehead atoms. The number of nitrogens with zero attached hydrogens (tertiary/aromatic N) is 1. The summed E-state index contributed by atoms with van der Waals surface area (Å²) < 4.78 is 12.2. The number of aromatic nitrogens is 1. The minimum atomic E-state index is -0.745. The number of methoxy groups -OCH3 is 1. The van der Waals surface area contributed by atoms with Gasteiger partial charge in [0.2, 0.25) is 0 Å². The average molecular weight is 304 g/mol. The molecule has 0 radical (unpaired) electrons. The van der Waals surface area contributed by atoms with Crippen molar-refractivity contribution >= 4 is 5.91 Å². The summed E-state index contributed by atoms with van der Waals surface area (Å²) in [6.45, 7) is 0.0366. The maximum absolute atomic E-state index is 11.7. The van der Waals surface area contributed by atoms with Crippen LogP contribution in [0.2, 0.25) is 0 Å². The van der Waals surface area contributed by atoms with E-state index in [2.05, 4.69) is 5.32 Å². The maximum Gasteiger partial charge on any atom is 0.258 e. The molecule has 2 rings (SSSR count). The zero-order valence-electron chi connectivity index (χ0n) is 12.7. The van der Waals surface area contributed by atoms with Crippen molar-refractivity contribution in [1.82, 2.24) is 9.88 Å². The van der Waals surface area contributed by atoms with E-state index in [0.717, 1.165) is 11.4 Å². The van der Waals surface area contributed by atoms with Gasteiger partial charge in [-0.3, -0.25) is 4.79 Å². The third-order valence-corrected chi connectivity index (χ3v) is 3.25. The van der Waals surface area contributed by atoms with Gasteiger partial charge in [0.1, 0.15) is 17.6 Å². The van der Waals surface area contributed by atoms with E-state index >= 15 is 0 Å². The smallest absolute Gasteiger partial charge is 0.258 e. The highest BCUT2D eigenvalue weighted by molar-refractivity contribution is 5.77. The molecule has 0 saturated carbocycles. The molecule has 2 aromatic rings. The average Bonchev–Trinajstić information content (AvgIpc) is 2.97. The number of benzene rings is 1. The van der Waals surface area contributed by atoms with Crippen LogP contribution in [0.3, 0.4) is 0 Å². The number of aliphatic hydroxyl groups excluding tert-OH is 1. The lowest BCUT2D eigenvalue weighted by Gasteiger charge is -2.13. The van der Waals surface area contributed by atoms with Crippen molar-refractivity contribution in [3.8, 4) is 11.5 Å². The summed E-state index contributed by atoms with van der Waals surface area (Å²) in [4.78, 5) is 11.7. The van der Waals surface area contributed by atoms with E-state index in [4.69, 9.17) is 9.47 Å². The van der Waals surface area contributed by atoms with Gasteiger partial charge in [-0.25, -0.2) is 0 Å². The molecular weight excluding hydrogens is 284 g/mol. The molecule has 0 spiro atoms. The van der Waals surface area contributed by atoms with Crippen LogP contribution in [0.15, 0.2) is 42.6 Å². The number of nitrogens with one attached hydrogen (secondary N) is 1. The molecule has 0 fully saturated rings.